The van der Waals surface area contributed by atoms with Gasteiger partial charge in [-0.3, -0.25) is 0 Å². The number of amides is 2. The van der Waals surface area contributed by atoms with Gasteiger partial charge in [0.05, 0.1) is 12.7 Å². The standard InChI is InChI=1S/C14H20N2O3/c1-19-9-13(17)8-15-14(18)16-12-6-5-10-3-2-4-11(10)7-12/h5-7,13,17H,2-4,8-9H2,1H3,(H2,15,16,18). The Balaban J connectivity index is 1.82. The van der Waals surface area contributed by atoms with Crippen LogP contribution in [0, 0.1) is 0 Å². The second-order valence-corrected chi connectivity index (χ2v) is 4.78. The number of fused-ring (bicyclic) bond motifs is 1. The fourth-order valence-electron chi connectivity index (χ4n) is 2.29. The summed E-state index contributed by atoms with van der Waals surface area (Å²) in [6, 6.07) is 5.69. The highest BCUT2D eigenvalue weighted by atomic mass is 16.5. The van der Waals surface area contributed by atoms with Crippen LogP contribution in [0.15, 0.2) is 18.2 Å². The van der Waals surface area contributed by atoms with Crippen LogP contribution >= 0.6 is 0 Å². The molecule has 0 aromatic heterocycles. The Hall–Kier alpha value is -1.59. The highest BCUT2D eigenvalue weighted by Gasteiger charge is 2.12. The van der Waals surface area contributed by atoms with E-state index in [0.717, 1.165) is 18.5 Å². The molecule has 0 saturated carbocycles. The van der Waals surface area contributed by atoms with Crippen molar-refractivity contribution in [3.63, 3.8) is 0 Å². The molecule has 1 aromatic carbocycles. The molecule has 1 aliphatic rings. The summed E-state index contributed by atoms with van der Waals surface area (Å²) in [6.45, 7) is 0.379. The third-order valence-electron chi connectivity index (χ3n) is 3.21. The predicted molar refractivity (Wildman–Crippen MR) is 73.4 cm³/mol. The maximum absolute atomic E-state index is 11.6. The molecule has 1 aromatic rings. The number of anilines is 1. The molecule has 2 amide bonds. The molecule has 5 nitrogen and oxygen atoms in total. The van der Waals surface area contributed by atoms with E-state index in [-0.39, 0.29) is 19.2 Å². The fourth-order valence-corrected chi connectivity index (χ4v) is 2.29. The summed E-state index contributed by atoms with van der Waals surface area (Å²) in [5, 5.41) is 14.8. The molecule has 0 fully saturated rings. The Kier molecular flexibility index (Phi) is 4.76. The van der Waals surface area contributed by atoms with Crippen molar-refractivity contribution in [2.75, 3.05) is 25.6 Å². The molecule has 1 unspecified atom stereocenters. The average Bonchev–Trinajstić information content (AvgIpc) is 2.84. The summed E-state index contributed by atoms with van der Waals surface area (Å²) in [7, 11) is 1.51. The lowest BCUT2D eigenvalue weighted by Gasteiger charge is -2.12. The van der Waals surface area contributed by atoms with Gasteiger partial charge >= 0.3 is 6.03 Å². The third-order valence-corrected chi connectivity index (χ3v) is 3.21. The molecule has 2 rings (SSSR count). The Bertz CT molecular complexity index is 448. The van der Waals surface area contributed by atoms with E-state index in [1.54, 1.807) is 0 Å². The zero-order valence-electron chi connectivity index (χ0n) is 11.1. The van der Waals surface area contributed by atoms with Crippen molar-refractivity contribution in [2.24, 2.45) is 0 Å². The maximum Gasteiger partial charge on any atom is 0.319 e. The van der Waals surface area contributed by atoms with E-state index in [1.165, 1.54) is 24.7 Å². The zero-order valence-corrected chi connectivity index (χ0v) is 11.1. The Morgan fingerprint density at radius 1 is 1.42 bits per heavy atom. The van der Waals surface area contributed by atoms with Crippen LogP contribution in [0.25, 0.3) is 0 Å². The number of aryl methyl sites for hydroxylation is 2. The predicted octanol–water partition coefficient (Wildman–Crippen LogP) is 1.30. The zero-order chi connectivity index (χ0) is 13.7. The van der Waals surface area contributed by atoms with E-state index in [1.807, 2.05) is 12.1 Å². The number of urea groups is 1. The molecular formula is C14H20N2O3. The molecule has 19 heavy (non-hydrogen) atoms. The number of rotatable bonds is 5. The van der Waals surface area contributed by atoms with Crippen LogP contribution in [-0.2, 0) is 17.6 Å². The average molecular weight is 264 g/mol. The quantitative estimate of drug-likeness (QED) is 0.751. The number of methoxy groups -OCH3 is 1. The van der Waals surface area contributed by atoms with Gasteiger partial charge in [0.25, 0.3) is 0 Å². The van der Waals surface area contributed by atoms with E-state index in [4.69, 9.17) is 4.74 Å². The second-order valence-electron chi connectivity index (χ2n) is 4.78. The first kappa shape index (κ1) is 13.8. The van der Waals surface area contributed by atoms with Crippen LogP contribution in [0.4, 0.5) is 10.5 Å². The number of hydrogen-bond donors (Lipinski definition) is 3. The third kappa shape index (κ3) is 3.94. The van der Waals surface area contributed by atoms with Crippen molar-refractivity contribution < 1.29 is 14.6 Å². The minimum atomic E-state index is -0.684. The van der Waals surface area contributed by atoms with E-state index in [9.17, 15) is 9.90 Å². The topological polar surface area (TPSA) is 70.6 Å². The van der Waals surface area contributed by atoms with Gasteiger partial charge in [-0.25, -0.2) is 4.79 Å². The van der Waals surface area contributed by atoms with Crippen LogP contribution in [0.2, 0.25) is 0 Å². The number of benzene rings is 1. The van der Waals surface area contributed by atoms with Crippen LogP contribution in [0.5, 0.6) is 0 Å². The molecule has 0 heterocycles. The Morgan fingerprint density at radius 3 is 3.00 bits per heavy atom. The van der Waals surface area contributed by atoms with Gasteiger partial charge in [-0.1, -0.05) is 6.07 Å². The number of carbonyl (C=O) groups is 1. The van der Waals surface area contributed by atoms with Crippen molar-refractivity contribution in [2.45, 2.75) is 25.4 Å². The van der Waals surface area contributed by atoms with E-state index < -0.39 is 6.10 Å². The summed E-state index contributed by atoms with van der Waals surface area (Å²) in [5.74, 6) is 0. The summed E-state index contributed by atoms with van der Waals surface area (Å²) < 4.78 is 4.78. The number of hydrogen-bond acceptors (Lipinski definition) is 3. The van der Waals surface area contributed by atoms with Crippen LogP contribution < -0.4 is 10.6 Å². The minimum absolute atomic E-state index is 0.171. The minimum Gasteiger partial charge on any atom is -0.389 e. The lowest BCUT2D eigenvalue weighted by molar-refractivity contribution is 0.0663. The van der Waals surface area contributed by atoms with Crippen LogP contribution in [-0.4, -0.2) is 37.5 Å². The first-order valence-corrected chi connectivity index (χ1v) is 6.52. The number of aliphatic hydroxyl groups excluding tert-OH is 1. The van der Waals surface area contributed by atoms with Gasteiger partial charge in [0, 0.05) is 19.3 Å². The molecule has 0 spiro atoms. The van der Waals surface area contributed by atoms with Gasteiger partial charge in [-0.2, -0.15) is 0 Å². The molecule has 5 heteroatoms. The first-order chi connectivity index (χ1) is 9.19. The molecule has 0 bridgehead atoms. The molecule has 3 N–H and O–H groups in total. The maximum atomic E-state index is 11.6. The lowest BCUT2D eigenvalue weighted by atomic mass is 10.1. The smallest absolute Gasteiger partial charge is 0.319 e. The van der Waals surface area contributed by atoms with Crippen LogP contribution in [0.1, 0.15) is 17.5 Å². The van der Waals surface area contributed by atoms with Crippen molar-refractivity contribution in [1.29, 1.82) is 0 Å². The Labute approximate surface area is 113 Å². The molecular weight excluding hydrogens is 244 g/mol. The Morgan fingerprint density at radius 2 is 2.21 bits per heavy atom. The van der Waals surface area contributed by atoms with Crippen molar-refractivity contribution in [1.82, 2.24) is 5.32 Å². The van der Waals surface area contributed by atoms with Crippen molar-refractivity contribution in [3.05, 3.63) is 29.3 Å². The normalized spacial score (nSPS) is 14.8. The van der Waals surface area contributed by atoms with Crippen molar-refractivity contribution in [3.8, 4) is 0 Å². The first-order valence-electron chi connectivity index (χ1n) is 6.52. The largest absolute Gasteiger partial charge is 0.389 e. The lowest BCUT2D eigenvalue weighted by Crippen LogP contribution is -2.37. The summed E-state index contributed by atoms with van der Waals surface area (Å²) in [5.41, 5.74) is 3.48. The number of carbonyl (C=O) groups excluding carboxylic acids is 1. The molecule has 1 atom stereocenters. The van der Waals surface area contributed by atoms with E-state index in [0.29, 0.717) is 0 Å². The highest BCUT2D eigenvalue weighted by molar-refractivity contribution is 5.89. The monoisotopic (exact) mass is 264 g/mol. The number of nitrogens with one attached hydrogen (secondary N) is 2. The van der Waals surface area contributed by atoms with E-state index in [2.05, 4.69) is 16.7 Å². The van der Waals surface area contributed by atoms with Gasteiger partial charge in [-0.05, 0) is 42.5 Å². The second kappa shape index (κ2) is 6.54. The van der Waals surface area contributed by atoms with Gasteiger partial charge in [0.15, 0.2) is 0 Å². The number of aliphatic hydroxyl groups is 1. The van der Waals surface area contributed by atoms with Gasteiger partial charge in [-0.15, -0.1) is 0 Å². The van der Waals surface area contributed by atoms with Crippen LogP contribution in [0.3, 0.4) is 0 Å². The summed E-state index contributed by atoms with van der Waals surface area (Å²) in [6.07, 6.45) is 2.72. The van der Waals surface area contributed by atoms with Gasteiger partial charge in [0.2, 0.25) is 0 Å². The highest BCUT2D eigenvalue weighted by Crippen LogP contribution is 2.24. The fraction of sp³-hybridized carbons (Fsp3) is 0.500. The van der Waals surface area contributed by atoms with Gasteiger partial charge in [0.1, 0.15) is 0 Å². The molecule has 104 valence electrons. The summed E-state index contributed by atoms with van der Waals surface area (Å²) >= 11 is 0. The molecule has 1 aliphatic carbocycles. The molecule has 0 saturated heterocycles. The van der Waals surface area contributed by atoms with Crippen molar-refractivity contribution >= 4 is 11.7 Å². The van der Waals surface area contributed by atoms with E-state index >= 15 is 0 Å². The molecule has 0 aliphatic heterocycles. The number of ether oxygens (including phenoxy) is 1. The molecule has 0 radical (unpaired) electrons. The van der Waals surface area contributed by atoms with Gasteiger partial charge < -0.3 is 20.5 Å². The summed E-state index contributed by atoms with van der Waals surface area (Å²) in [4.78, 5) is 11.6. The SMILES string of the molecule is COCC(O)CNC(=O)Nc1ccc2c(c1)CCC2.